The predicted molar refractivity (Wildman–Crippen MR) is 73.4 cm³/mol. The van der Waals surface area contributed by atoms with Crippen LogP contribution in [0.1, 0.15) is 46.0 Å². The number of nitrogens with two attached hydrogens (primary N) is 2. The van der Waals surface area contributed by atoms with Crippen molar-refractivity contribution < 1.29 is 14.6 Å². The number of ether oxygens (including phenoxy) is 2. The third-order valence-corrected chi connectivity index (χ3v) is 4.31. The molecule has 0 spiro atoms. The second kappa shape index (κ2) is 6.50. The van der Waals surface area contributed by atoms with Crippen LogP contribution in [0.4, 0.5) is 0 Å². The Hall–Kier alpha value is -0.200. The Balaban J connectivity index is 1.89. The zero-order chi connectivity index (χ0) is 14.0. The SMILES string of the molecule is C[C@@H](N)C1CCC[C@@H](O[C@H]2[C@H](O)C[C@H](N)C[C@@H]2C)O1. The van der Waals surface area contributed by atoms with Gasteiger partial charge in [0.2, 0.25) is 0 Å². The molecule has 2 aliphatic rings. The van der Waals surface area contributed by atoms with Crippen molar-refractivity contribution in [2.24, 2.45) is 17.4 Å². The molecular formula is C14H28N2O3. The topological polar surface area (TPSA) is 90.7 Å². The van der Waals surface area contributed by atoms with Crippen LogP contribution in [-0.4, -0.2) is 41.8 Å². The Labute approximate surface area is 115 Å². The highest BCUT2D eigenvalue weighted by molar-refractivity contribution is 4.87. The minimum absolute atomic E-state index is 0.0218. The van der Waals surface area contributed by atoms with Crippen LogP contribution in [0, 0.1) is 5.92 Å². The normalized spacial score (nSPS) is 45.9. The molecule has 0 aromatic carbocycles. The van der Waals surface area contributed by atoms with Crippen LogP contribution in [0.5, 0.6) is 0 Å². The maximum absolute atomic E-state index is 10.1. The van der Waals surface area contributed by atoms with E-state index in [0.29, 0.717) is 6.42 Å². The van der Waals surface area contributed by atoms with Crippen molar-refractivity contribution in [2.45, 2.75) is 82.6 Å². The zero-order valence-corrected chi connectivity index (χ0v) is 12.0. The second-order valence-electron chi connectivity index (χ2n) is 6.27. The monoisotopic (exact) mass is 272 g/mol. The summed E-state index contributed by atoms with van der Waals surface area (Å²) in [5.41, 5.74) is 11.8. The highest BCUT2D eigenvalue weighted by Gasteiger charge is 2.37. The summed E-state index contributed by atoms with van der Waals surface area (Å²) >= 11 is 0. The fourth-order valence-electron chi connectivity index (χ4n) is 3.24. The van der Waals surface area contributed by atoms with E-state index in [1.807, 2.05) is 6.92 Å². The molecule has 5 heteroatoms. The number of rotatable bonds is 3. The van der Waals surface area contributed by atoms with Gasteiger partial charge in [0, 0.05) is 12.1 Å². The maximum atomic E-state index is 10.1. The van der Waals surface area contributed by atoms with Gasteiger partial charge in [0.1, 0.15) is 0 Å². The van der Waals surface area contributed by atoms with E-state index in [4.69, 9.17) is 20.9 Å². The van der Waals surface area contributed by atoms with Crippen LogP contribution in [-0.2, 0) is 9.47 Å². The summed E-state index contributed by atoms with van der Waals surface area (Å²) in [7, 11) is 0. The van der Waals surface area contributed by atoms with Crippen molar-refractivity contribution in [3.8, 4) is 0 Å². The molecule has 1 aliphatic heterocycles. The van der Waals surface area contributed by atoms with Crippen LogP contribution < -0.4 is 11.5 Å². The number of aliphatic hydroxyl groups is 1. The van der Waals surface area contributed by atoms with Gasteiger partial charge in [-0.15, -0.1) is 0 Å². The fraction of sp³-hybridized carbons (Fsp3) is 1.00. The quantitative estimate of drug-likeness (QED) is 0.704. The lowest BCUT2D eigenvalue weighted by Crippen LogP contribution is -2.49. The first-order valence-corrected chi connectivity index (χ1v) is 7.47. The molecule has 2 rings (SSSR count). The number of hydrogen-bond acceptors (Lipinski definition) is 5. The third-order valence-electron chi connectivity index (χ3n) is 4.31. The van der Waals surface area contributed by atoms with Crippen molar-refractivity contribution in [3.05, 3.63) is 0 Å². The van der Waals surface area contributed by atoms with Crippen LogP contribution in [0.2, 0.25) is 0 Å². The van der Waals surface area contributed by atoms with Crippen molar-refractivity contribution in [3.63, 3.8) is 0 Å². The summed E-state index contributed by atoms with van der Waals surface area (Å²) in [5, 5.41) is 10.1. The lowest BCUT2D eigenvalue weighted by atomic mass is 9.83. The van der Waals surface area contributed by atoms with E-state index in [1.54, 1.807) is 0 Å². The Morgan fingerprint density at radius 3 is 2.68 bits per heavy atom. The molecule has 112 valence electrons. The van der Waals surface area contributed by atoms with Gasteiger partial charge in [0.05, 0.1) is 18.3 Å². The van der Waals surface area contributed by atoms with Gasteiger partial charge in [-0.2, -0.15) is 0 Å². The number of aliphatic hydroxyl groups excluding tert-OH is 1. The summed E-state index contributed by atoms with van der Waals surface area (Å²) < 4.78 is 11.9. The Morgan fingerprint density at radius 1 is 1.32 bits per heavy atom. The smallest absolute Gasteiger partial charge is 0.158 e. The van der Waals surface area contributed by atoms with Crippen LogP contribution in [0.25, 0.3) is 0 Å². The molecule has 19 heavy (non-hydrogen) atoms. The van der Waals surface area contributed by atoms with Crippen LogP contribution in [0.15, 0.2) is 0 Å². The van der Waals surface area contributed by atoms with Gasteiger partial charge >= 0.3 is 0 Å². The van der Waals surface area contributed by atoms with Gasteiger partial charge in [-0.05, 0) is 44.9 Å². The molecule has 1 saturated heterocycles. The minimum Gasteiger partial charge on any atom is -0.390 e. The largest absolute Gasteiger partial charge is 0.390 e. The molecule has 0 amide bonds. The van der Waals surface area contributed by atoms with E-state index in [1.165, 1.54) is 0 Å². The molecule has 5 N–H and O–H groups in total. The molecule has 5 nitrogen and oxygen atoms in total. The van der Waals surface area contributed by atoms with Gasteiger partial charge in [-0.25, -0.2) is 0 Å². The molecule has 1 saturated carbocycles. The fourth-order valence-corrected chi connectivity index (χ4v) is 3.24. The molecule has 0 aromatic heterocycles. The van der Waals surface area contributed by atoms with Gasteiger partial charge in [0.25, 0.3) is 0 Å². The maximum Gasteiger partial charge on any atom is 0.158 e. The van der Waals surface area contributed by atoms with Gasteiger partial charge in [-0.1, -0.05) is 6.92 Å². The van der Waals surface area contributed by atoms with E-state index in [0.717, 1.165) is 25.7 Å². The highest BCUT2D eigenvalue weighted by atomic mass is 16.7. The molecular weight excluding hydrogens is 244 g/mol. The molecule has 0 aromatic rings. The second-order valence-corrected chi connectivity index (χ2v) is 6.27. The Morgan fingerprint density at radius 2 is 2.05 bits per heavy atom. The molecule has 1 heterocycles. The van der Waals surface area contributed by atoms with E-state index >= 15 is 0 Å². The molecule has 2 fully saturated rings. The molecule has 1 unspecified atom stereocenters. The van der Waals surface area contributed by atoms with Crippen molar-refractivity contribution in [1.82, 2.24) is 0 Å². The van der Waals surface area contributed by atoms with Crippen molar-refractivity contribution >= 4 is 0 Å². The summed E-state index contributed by atoms with van der Waals surface area (Å²) in [5.74, 6) is 0.262. The summed E-state index contributed by atoms with van der Waals surface area (Å²) in [6.07, 6.45) is 3.61. The Bertz CT molecular complexity index is 276. The minimum atomic E-state index is -0.488. The number of hydrogen-bond donors (Lipinski definition) is 3. The van der Waals surface area contributed by atoms with Gasteiger partial charge in [0.15, 0.2) is 6.29 Å². The van der Waals surface area contributed by atoms with Crippen molar-refractivity contribution in [2.75, 3.05) is 0 Å². The predicted octanol–water partition coefficient (Wildman–Crippen LogP) is 0.732. The van der Waals surface area contributed by atoms with Crippen LogP contribution in [0.3, 0.4) is 0 Å². The summed E-state index contributed by atoms with van der Waals surface area (Å²) in [4.78, 5) is 0. The lowest BCUT2D eigenvalue weighted by Gasteiger charge is -2.40. The summed E-state index contributed by atoms with van der Waals surface area (Å²) in [6.45, 7) is 4.04. The first-order chi connectivity index (χ1) is 8.97. The van der Waals surface area contributed by atoms with Gasteiger partial charge < -0.3 is 26.0 Å². The Kier molecular flexibility index (Phi) is 5.20. The van der Waals surface area contributed by atoms with E-state index in [2.05, 4.69) is 6.92 Å². The molecule has 0 bridgehead atoms. The van der Waals surface area contributed by atoms with E-state index in [-0.39, 0.29) is 36.5 Å². The van der Waals surface area contributed by atoms with E-state index < -0.39 is 6.10 Å². The van der Waals surface area contributed by atoms with Crippen molar-refractivity contribution in [1.29, 1.82) is 0 Å². The molecule has 7 atom stereocenters. The first kappa shape index (κ1) is 15.2. The average molecular weight is 272 g/mol. The summed E-state index contributed by atoms with van der Waals surface area (Å²) in [6, 6.07) is 0.0995. The van der Waals surface area contributed by atoms with Gasteiger partial charge in [-0.3, -0.25) is 0 Å². The average Bonchev–Trinajstić information content (AvgIpc) is 2.34. The highest BCUT2D eigenvalue weighted by Crippen LogP contribution is 2.30. The zero-order valence-electron chi connectivity index (χ0n) is 12.0. The first-order valence-electron chi connectivity index (χ1n) is 7.47. The standard InChI is InChI=1S/C14H28N2O3/c1-8-6-10(16)7-11(17)14(8)19-13-5-3-4-12(18-13)9(2)15/h8-14,17H,3-7,15-16H2,1-2H3/t8-,9+,10+,11+,12?,13+,14+/m0/s1. The molecule has 0 radical (unpaired) electrons. The molecule has 1 aliphatic carbocycles. The third kappa shape index (κ3) is 3.89. The lowest BCUT2D eigenvalue weighted by molar-refractivity contribution is -0.245. The van der Waals surface area contributed by atoms with Crippen LogP contribution >= 0.6 is 0 Å². The van der Waals surface area contributed by atoms with E-state index in [9.17, 15) is 5.11 Å².